The summed E-state index contributed by atoms with van der Waals surface area (Å²) in [5.41, 5.74) is 2.43. The minimum absolute atomic E-state index is 0.0292. The number of non-ortho nitro benzene ring substituents is 1. The van der Waals surface area contributed by atoms with Gasteiger partial charge in [0.25, 0.3) is 5.69 Å². The summed E-state index contributed by atoms with van der Waals surface area (Å²) in [7, 11) is 0. The van der Waals surface area contributed by atoms with Gasteiger partial charge in [-0.05, 0) is 52.3 Å². The number of aliphatic hydroxyl groups is 1. The second-order valence-corrected chi connectivity index (χ2v) is 7.31. The van der Waals surface area contributed by atoms with Crippen molar-refractivity contribution in [3.8, 4) is 5.75 Å². The lowest BCUT2D eigenvalue weighted by Crippen LogP contribution is -2.34. The highest BCUT2D eigenvalue weighted by Crippen LogP contribution is 2.45. The van der Waals surface area contributed by atoms with E-state index in [-0.39, 0.29) is 11.4 Å². The van der Waals surface area contributed by atoms with E-state index in [0.717, 1.165) is 5.69 Å². The number of nitrogens with zero attached hydrogens (tertiary/aromatic N) is 4. The summed E-state index contributed by atoms with van der Waals surface area (Å²) in [6, 6.07) is 19.8. The highest BCUT2D eigenvalue weighted by molar-refractivity contribution is 9.11. The summed E-state index contributed by atoms with van der Waals surface area (Å²) in [5, 5.41) is 40.3. The summed E-state index contributed by atoms with van der Waals surface area (Å²) in [6.07, 6.45) is -1.08. The molecule has 1 unspecified atom stereocenters. The van der Waals surface area contributed by atoms with Crippen molar-refractivity contribution >= 4 is 44.4 Å². The second-order valence-electron chi connectivity index (χ2n) is 6.45. The monoisotopic (exact) mass is 466 g/mol. The lowest BCUT2D eigenvalue weighted by Gasteiger charge is -2.35. The first-order valence-electron chi connectivity index (χ1n) is 8.87. The Hall–Kier alpha value is -3.56. The van der Waals surface area contributed by atoms with Crippen LogP contribution in [0.15, 0.2) is 87.5 Å². The van der Waals surface area contributed by atoms with E-state index in [9.17, 15) is 20.3 Å². The van der Waals surface area contributed by atoms with E-state index < -0.39 is 11.2 Å². The first-order chi connectivity index (χ1) is 14.5. The van der Waals surface area contributed by atoms with E-state index in [1.807, 2.05) is 30.3 Å². The summed E-state index contributed by atoms with van der Waals surface area (Å²) >= 11 is 3.41. The summed E-state index contributed by atoms with van der Waals surface area (Å²) < 4.78 is 0.346. The van der Waals surface area contributed by atoms with Crippen LogP contribution in [0, 0.1) is 10.1 Å². The van der Waals surface area contributed by atoms with E-state index in [1.54, 1.807) is 17.0 Å². The Bertz CT molecular complexity index is 1180. The minimum Gasteiger partial charge on any atom is -0.508 e. The van der Waals surface area contributed by atoms with E-state index in [2.05, 4.69) is 26.2 Å². The number of hydrogen-bond acceptors (Lipinski definition) is 7. The first-order valence-corrected chi connectivity index (χ1v) is 9.66. The van der Waals surface area contributed by atoms with Crippen LogP contribution in [0.2, 0.25) is 0 Å². The molecular formula is C21H15BrN4O4. The van der Waals surface area contributed by atoms with Crippen LogP contribution in [-0.2, 0) is 0 Å². The number of phenols is 1. The third kappa shape index (κ3) is 3.68. The van der Waals surface area contributed by atoms with Crippen molar-refractivity contribution in [1.29, 1.82) is 0 Å². The molecule has 3 aromatic rings. The van der Waals surface area contributed by atoms with Gasteiger partial charge < -0.3 is 15.1 Å². The summed E-state index contributed by atoms with van der Waals surface area (Å²) in [5.74, 6) is 0.0292. The zero-order chi connectivity index (χ0) is 21.3. The van der Waals surface area contributed by atoms with E-state index in [0.29, 0.717) is 27.1 Å². The predicted octanol–water partition coefficient (Wildman–Crippen LogP) is 5.62. The van der Waals surface area contributed by atoms with Gasteiger partial charge in [-0.15, -0.1) is 5.11 Å². The number of nitro benzene ring substituents is 1. The van der Waals surface area contributed by atoms with Gasteiger partial charge in [0.1, 0.15) is 11.4 Å². The predicted molar refractivity (Wildman–Crippen MR) is 116 cm³/mol. The standard InChI is InChI=1S/C21H15BrN4O4/c22-19-20(24-23-13-5-4-8-15(11-13)26(29)30)17-12-16(27)9-10-18(17)25(21(19)28)14-6-2-1-3-7-14/h1-12,21,27-28H. The molecule has 0 amide bonds. The molecule has 0 spiro atoms. The number of nitro groups is 1. The van der Waals surface area contributed by atoms with Crippen LogP contribution in [0.5, 0.6) is 5.75 Å². The molecule has 0 radical (unpaired) electrons. The molecule has 0 fully saturated rings. The maximum atomic E-state index is 11.0. The maximum Gasteiger partial charge on any atom is 0.271 e. The van der Waals surface area contributed by atoms with Gasteiger partial charge in [-0.2, -0.15) is 5.11 Å². The van der Waals surface area contributed by atoms with E-state index in [4.69, 9.17) is 0 Å². The highest BCUT2D eigenvalue weighted by Gasteiger charge is 2.32. The van der Waals surface area contributed by atoms with Gasteiger partial charge in [0.05, 0.1) is 20.8 Å². The van der Waals surface area contributed by atoms with Gasteiger partial charge in [-0.1, -0.05) is 24.3 Å². The molecular weight excluding hydrogens is 452 g/mol. The SMILES string of the molecule is O=[N+]([O-])c1cccc(N=NC2=C(Br)C(O)N(c3ccccc3)c3ccc(O)cc32)c1. The average molecular weight is 467 g/mol. The number of fused-ring (bicyclic) bond motifs is 1. The van der Waals surface area contributed by atoms with Crippen molar-refractivity contribution in [3.05, 3.63) is 93.0 Å². The molecule has 1 atom stereocenters. The summed E-state index contributed by atoms with van der Waals surface area (Å²) in [4.78, 5) is 12.2. The molecule has 4 rings (SSSR count). The molecule has 8 nitrogen and oxygen atoms in total. The van der Waals surface area contributed by atoms with Crippen LogP contribution < -0.4 is 4.90 Å². The zero-order valence-electron chi connectivity index (χ0n) is 15.4. The quantitative estimate of drug-likeness (QED) is 0.294. The molecule has 2 N–H and O–H groups in total. The number of hydrogen-bond donors (Lipinski definition) is 2. The Labute approximate surface area is 179 Å². The molecule has 0 bridgehead atoms. The van der Waals surface area contributed by atoms with Crippen LogP contribution in [0.4, 0.5) is 22.7 Å². The maximum absolute atomic E-state index is 11.0. The number of phenolic OH excluding ortho intramolecular Hbond substituents is 1. The molecule has 0 saturated heterocycles. The average Bonchev–Trinajstić information content (AvgIpc) is 2.75. The van der Waals surface area contributed by atoms with Crippen molar-refractivity contribution in [2.75, 3.05) is 4.90 Å². The number of benzene rings is 3. The largest absolute Gasteiger partial charge is 0.508 e. The molecule has 0 aromatic heterocycles. The molecule has 1 aliphatic heterocycles. The lowest BCUT2D eigenvalue weighted by atomic mass is 10.0. The molecule has 0 saturated carbocycles. The Balaban J connectivity index is 1.81. The number of aromatic hydroxyl groups is 1. The van der Waals surface area contributed by atoms with Gasteiger partial charge in [0, 0.05) is 23.4 Å². The first kappa shape index (κ1) is 19.7. The normalized spacial score (nSPS) is 16.1. The third-order valence-electron chi connectivity index (χ3n) is 4.53. The fourth-order valence-electron chi connectivity index (χ4n) is 3.17. The fraction of sp³-hybridized carbons (Fsp3) is 0.0476. The lowest BCUT2D eigenvalue weighted by molar-refractivity contribution is -0.384. The molecule has 0 aliphatic carbocycles. The number of aliphatic hydroxyl groups excluding tert-OH is 1. The van der Waals surface area contributed by atoms with Gasteiger partial charge in [0.15, 0.2) is 6.23 Å². The van der Waals surface area contributed by atoms with Crippen LogP contribution in [0.25, 0.3) is 5.70 Å². The third-order valence-corrected chi connectivity index (χ3v) is 5.32. The number of azo groups is 1. The van der Waals surface area contributed by atoms with Crippen molar-refractivity contribution in [3.63, 3.8) is 0 Å². The number of halogens is 1. The Morgan fingerprint density at radius 1 is 1.00 bits per heavy atom. The number of para-hydroxylation sites is 1. The molecule has 3 aromatic carbocycles. The highest BCUT2D eigenvalue weighted by atomic mass is 79.9. The number of rotatable bonds is 4. The Kier molecular flexibility index (Phi) is 5.30. The topological polar surface area (TPSA) is 112 Å². The molecule has 150 valence electrons. The molecule has 9 heteroatoms. The second kappa shape index (κ2) is 8.05. The smallest absolute Gasteiger partial charge is 0.271 e. The van der Waals surface area contributed by atoms with Crippen LogP contribution in [0.1, 0.15) is 5.56 Å². The number of anilines is 2. The van der Waals surface area contributed by atoms with Crippen molar-refractivity contribution < 1.29 is 15.1 Å². The molecule has 1 heterocycles. The Morgan fingerprint density at radius 2 is 1.77 bits per heavy atom. The van der Waals surface area contributed by atoms with Crippen LogP contribution >= 0.6 is 15.9 Å². The molecule has 30 heavy (non-hydrogen) atoms. The Morgan fingerprint density at radius 3 is 2.50 bits per heavy atom. The van der Waals surface area contributed by atoms with Gasteiger partial charge >= 0.3 is 0 Å². The summed E-state index contributed by atoms with van der Waals surface area (Å²) in [6.45, 7) is 0. The van der Waals surface area contributed by atoms with Crippen LogP contribution in [0.3, 0.4) is 0 Å². The minimum atomic E-state index is -1.08. The van der Waals surface area contributed by atoms with Crippen LogP contribution in [-0.4, -0.2) is 21.4 Å². The van der Waals surface area contributed by atoms with Gasteiger partial charge in [-0.25, -0.2) is 0 Å². The van der Waals surface area contributed by atoms with Gasteiger partial charge in [-0.3, -0.25) is 10.1 Å². The van der Waals surface area contributed by atoms with Crippen molar-refractivity contribution in [2.45, 2.75) is 6.23 Å². The van der Waals surface area contributed by atoms with E-state index in [1.165, 1.54) is 30.3 Å². The van der Waals surface area contributed by atoms with Crippen molar-refractivity contribution in [2.24, 2.45) is 10.2 Å². The van der Waals surface area contributed by atoms with Crippen molar-refractivity contribution in [1.82, 2.24) is 0 Å². The van der Waals surface area contributed by atoms with E-state index >= 15 is 0 Å². The zero-order valence-corrected chi connectivity index (χ0v) is 17.0. The van der Waals surface area contributed by atoms with Gasteiger partial charge in [0.2, 0.25) is 0 Å². The fourth-order valence-corrected chi connectivity index (χ4v) is 3.66. The molecule has 1 aliphatic rings.